The van der Waals surface area contributed by atoms with E-state index in [9.17, 15) is 18.0 Å². The van der Waals surface area contributed by atoms with Crippen molar-refractivity contribution in [3.05, 3.63) is 60.2 Å². The summed E-state index contributed by atoms with van der Waals surface area (Å²) in [5, 5.41) is 5.06. The Hall–Kier alpha value is -2.91. The van der Waals surface area contributed by atoms with Gasteiger partial charge in [-0.15, -0.1) is 0 Å². The van der Waals surface area contributed by atoms with Gasteiger partial charge in [0.25, 0.3) is 0 Å². The lowest BCUT2D eigenvalue weighted by atomic mass is 10.0. The van der Waals surface area contributed by atoms with Gasteiger partial charge in [0, 0.05) is 19.3 Å². The smallest absolute Gasteiger partial charge is 0.312 e. The zero-order valence-corrected chi connectivity index (χ0v) is 17.4. The second-order valence-corrected chi connectivity index (χ2v) is 9.04. The van der Waals surface area contributed by atoms with Crippen molar-refractivity contribution in [1.82, 2.24) is 9.62 Å². The summed E-state index contributed by atoms with van der Waals surface area (Å²) in [6, 6.07) is 13.6. The second-order valence-electron chi connectivity index (χ2n) is 6.99. The summed E-state index contributed by atoms with van der Waals surface area (Å²) in [7, 11) is -2.17. The number of carbonyl (C=O) groups excluding carboxylic acids is 2. The third kappa shape index (κ3) is 6.03. The molecule has 0 spiro atoms. The number of nitrogens with zero attached hydrogens (tertiary/aromatic N) is 1. The first-order valence-corrected chi connectivity index (χ1v) is 10.5. The van der Waals surface area contributed by atoms with Gasteiger partial charge in [-0.1, -0.05) is 44.2 Å². The minimum atomic E-state index is -3.68. The molecule has 4 N–H and O–H groups in total. The van der Waals surface area contributed by atoms with Crippen LogP contribution in [0.3, 0.4) is 0 Å². The van der Waals surface area contributed by atoms with E-state index >= 15 is 0 Å². The van der Waals surface area contributed by atoms with E-state index in [1.165, 1.54) is 35.6 Å². The van der Waals surface area contributed by atoms with Crippen LogP contribution in [0.25, 0.3) is 0 Å². The molecule has 2 aromatic carbocycles. The minimum absolute atomic E-state index is 0.115. The topological polar surface area (TPSA) is 122 Å². The Bertz CT molecular complexity index is 944. The molecule has 0 aliphatic rings. The molecule has 0 radical (unpaired) electrons. The van der Waals surface area contributed by atoms with Gasteiger partial charge in [-0.25, -0.2) is 13.2 Å². The molecule has 0 bridgehead atoms. The lowest BCUT2D eigenvalue weighted by molar-refractivity contribution is -0.118. The summed E-state index contributed by atoms with van der Waals surface area (Å²) in [5.41, 5.74) is 6.40. The first-order chi connectivity index (χ1) is 13.6. The van der Waals surface area contributed by atoms with E-state index in [-0.39, 0.29) is 17.4 Å². The molecule has 0 saturated carbocycles. The van der Waals surface area contributed by atoms with Crippen LogP contribution in [-0.2, 0) is 21.4 Å². The molecule has 2 aromatic rings. The molecule has 0 aromatic heterocycles. The fourth-order valence-corrected chi connectivity index (χ4v) is 3.88. The highest BCUT2D eigenvalue weighted by Crippen LogP contribution is 2.19. The van der Waals surface area contributed by atoms with E-state index in [2.05, 4.69) is 10.6 Å². The number of amides is 3. The number of sulfonamides is 1. The Balaban J connectivity index is 2.10. The molecular weight excluding hydrogens is 392 g/mol. The quantitative estimate of drug-likeness (QED) is 0.608. The molecule has 9 heteroatoms. The molecule has 1 atom stereocenters. The molecule has 0 aliphatic carbocycles. The normalized spacial score (nSPS) is 12.6. The molecule has 1 unspecified atom stereocenters. The van der Waals surface area contributed by atoms with Crippen LogP contribution < -0.4 is 16.4 Å². The number of benzene rings is 2. The third-order valence-electron chi connectivity index (χ3n) is 4.32. The van der Waals surface area contributed by atoms with Crippen molar-refractivity contribution in [3.63, 3.8) is 0 Å². The summed E-state index contributed by atoms with van der Waals surface area (Å²) in [4.78, 5) is 23.6. The van der Waals surface area contributed by atoms with Crippen molar-refractivity contribution < 1.29 is 18.0 Å². The summed E-state index contributed by atoms with van der Waals surface area (Å²) in [6.45, 7) is 3.80. The number of urea groups is 1. The predicted octanol–water partition coefficient (Wildman–Crippen LogP) is 2.14. The number of primary amides is 1. The van der Waals surface area contributed by atoms with E-state index in [4.69, 9.17) is 5.73 Å². The highest BCUT2D eigenvalue weighted by atomic mass is 32.2. The zero-order chi connectivity index (χ0) is 21.6. The molecule has 0 aliphatic heterocycles. The van der Waals surface area contributed by atoms with Crippen LogP contribution >= 0.6 is 0 Å². The van der Waals surface area contributed by atoms with E-state index < -0.39 is 28.0 Å². The summed E-state index contributed by atoms with van der Waals surface area (Å²) >= 11 is 0. The van der Waals surface area contributed by atoms with E-state index in [0.717, 1.165) is 5.56 Å². The summed E-state index contributed by atoms with van der Waals surface area (Å²) < 4.78 is 26.8. The minimum Gasteiger partial charge on any atom is -0.352 e. The van der Waals surface area contributed by atoms with Gasteiger partial charge < -0.3 is 16.4 Å². The van der Waals surface area contributed by atoms with Gasteiger partial charge >= 0.3 is 6.03 Å². The monoisotopic (exact) mass is 418 g/mol. The highest BCUT2D eigenvalue weighted by Gasteiger charge is 2.24. The van der Waals surface area contributed by atoms with Crippen LogP contribution in [0.15, 0.2) is 59.5 Å². The number of rotatable bonds is 8. The maximum absolute atomic E-state index is 12.8. The number of hydrogen-bond donors (Lipinski definition) is 3. The van der Waals surface area contributed by atoms with Crippen molar-refractivity contribution in [2.24, 2.45) is 11.7 Å². The average Bonchev–Trinajstić information content (AvgIpc) is 2.66. The van der Waals surface area contributed by atoms with Crippen molar-refractivity contribution in [1.29, 1.82) is 0 Å². The van der Waals surface area contributed by atoms with E-state index in [1.807, 2.05) is 30.3 Å². The van der Waals surface area contributed by atoms with Crippen LogP contribution in [0.5, 0.6) is 0 Å². The van der Waals surface area contributed by atoms with E-state index in [1.54, 1.807) is 13.8 Å². The zero-order valence-electron chi connectivity index (χ0n) is 16.6. The first kappa shape index (κ1) is 22.4. The Morgan fingerprint density at radius 1 is 1.03 bits per heavy atom. The first-order valence-electron chi connectivity index (χ1n) is 9.08. The van der Waals surface area contributed by atoms with Gasteiger partial charge in [-0.3, -0.25) is 4.79 Å². The Morgan fingerprint density at radius 2 is 1.62 bits per heavy atom. The van der Waals surface area contributed by atoms with Crippen LogP contribution in [-0.4, -0.2) is 37.8 Å². The standard InChI is InChI=1S/C20H26N4O4S/c1-14(2)18(23-20(21)26)19(25)22-16-9-11-17(12-10-16)29(27,28)24(3)13-15-7-5-4-6-8-15/h4-12,14,18H,13H2,1-3H3,(H,22,25)(H3,21,23,26). The van der Waals surface area contributed by atoms with Crippen molar-refractivity contribution in [3.8, 4) is 0 Å². The average molecular weight is 419 g/mol. The van der Waals surface area contributed by atoms with Crippen molar-refractivity contribution >= 4 is 27.6 Å². The van der Waals surface area contributed by atoms with Gasteiger partial charge in [0.1, 0.15) is 6.04 Å². The van der Waals surface area contributed by atoms with Crippen molar-refractivity contribution in [2.75, 3.05) is 12.4 Å². The number of hydrogen-bond acceptors (Lipinski definition) is 4. The van der Waals surface area contributed by atoms with Gasteiger partial charge in [-0.05, 0) is 35.7 Å². The molecule has 3 amide bonds. The Labute approximate surface area is 171 Å². The van der Waals surface area contributed by atoms with Gasteiger partial charge in [0.2, 0.25) is 15.9 Å². The number of nitrogens with one attached hydrogen (secondary N) is 2. The Morgan fingerprint density at radius 3 is 2.14 bits per heavy atom. The lowest BCUT2D eigenvalue weighted by Crippen LogP contribution is -2.49. The highest BCUT2D eigenvalue weighted by molar-refractivity contribution is 7.89. The van der Waals surface area contributed by atoms with Crippen LogP contribution in [0.1, 0.15) is 19.4 Å². The lowest BCUT2D eigenvalue weighted by Gasteiger charge is -2.21. The predicted molar refractivity (Wildman–Crippen MR) is 112 cm³/mol. The van der Waals surface area contributed by atoms with Gasteiger partial charge in [-0.2, -0.15) is 4.31 Å². The number of anilines is 1. The molecule has 8 nitrogen and oxygen atoms in total. The van der Waals surface area contributed by atoms with E-state index in [0.29, 0.717) is 5.69 Å². The SMILES string of the molecule is CC(C)C(NC(N)=O)C(=O)Nc1ccc(S(=O)(=O)N(C)Cc2ccccc2)cc1. The fourth-order valence-electron chi connectivity index (χ4n) is 2.72. The molecule has 29 heavy (non-hydrogen) atoms. The maximum atomic E-state index is 12.8. The third-order valence-corrected chi connectivity index (χ3v) is 6.14. The van der Waals surface area contributed by atoms with Crippen molar-refractivity contribution in [2.45, 2.75) is 31.3 Å². The molecule has 0 heterocycles. The molecular formula is C20H26N4O4S. The summed E-state index contributed by atoms with van der Waals surface area (Å²) in [6.07, 6.45) is 0. The molecule has 0 fully saturated rings. The fraction of sp³-hybridized carbons (Fsp3) is 0.300. The molecule has 2 rings (SSSR count). The maximum Gasteiger partial charge on any atom is 0.312 e. The van der Waals surface area contributed by atoms with Gasteiger partial charge in [0.15, 0.2) is 0 Å². The molecule has 0 saturated heterocycles. The molecule has 156 valence electrons. The van der Waals surface area contributed by atoms with Crippen LogP contribution in [0.2, 0.25) is 0 Å². The number of carbonyl (C=O) groups is 2. The summed E-state index contributed by atoms with van der Waals surface area (Å²) in [5.74, 6) is -0.607. The van der Waals surface area contributed by atoms with Gasteiger partial charge in [0.05, 0.1) is 4.90 Å². The Kier molecular flexibility index (Phi) is 7.35. The largest absolute Gasteiger partial charge is 0.352 e. The van der Waals surface area contributed by atoms with Crippen LogP contribution in [0.4, 0.5) is 10.5 Å². The second kappa shape index (κ2) is 9.53. The van der Waals surface area contributed by atoms with Crippen LogP contribution in [0, 0.1) is 5.92 Å². The number of nitrogens with two attached hydrogens (primary N) is 1.